The molecule has 19 heavy (non-hydrogen) atoms. The molecule has 0 aliphatic carbocycles. The minimum atomic E-state index is -1.30. The molecule has 0 aliphatic rings. The van der Waals surface area contributed by atoms with Gasteiger partial charge in [0, 0.05) is 25.1 Å². The molecule has 4 nitrogen and oxygen atoms in total. The van der Waals surface area contributed by atoms with Crippen LogP contribution < -0.4 is 5.32 Å². The van der Waals surface area contributed by atoms with Crippen molar-refractivity contribution in [3.05, 3.63) is 35.1 Å². The second-order valence-corrected chi connectivity index (χ2v) is 4.16. The molecule has 1 aromatic rings. The number of benzene rings is 1. The summed E-state index contributed by atoms with van der Waals surface area (Å²) in [5, 5.41) is 10.7. The molecule has 0 aliphatic heterocycles. The van der Waals surface area contributed by atoms with Crippen LogP contribution in [0.2, 0.25) is 0 Å². The molecule has 7 heteroatoms. The number of aliphatic carboxylic acids is 1. The molecule has 1 amide bonds. The van der Waals surface area contributed by atoms with E-state index in [9.17, 15) is 22.8 Å². The van der Waals surface area contributed by atoms with Crippen molar-refractivity contribution in [2.75, 3.05) is 6.54 Å². The Hall–Kier alpha value is -2.05. The predicted octanol–water partition coefficient (Wildman–Crippen LogP) is 1.94. The Balaban J connectivity index is 2.72. The molecule has 0 saturated carbocycles. The van der Waals surface area contributed by atoms with Gasteiger partial charge in [-0.2, -0.15) is 0 Å². The van der Waals surface area contributed by atoms with Crippen molar-refractivity contribution in [1.82, 2.24) is 5.32 Å². The molecule has 0 aromatic heterocycles. The standard InChI is InChI=1S/C12H12F3NO3/c1-6(2-10(17)18)5-16-12(19)11-8(14)3-7(13)4-9(11)15/h3-4,6H,2,5H2,1H3,(H,16,19)(H,17,18). The summed E-state index contributed by atoms with van der Waals surface area (Å²) in [4.78, 5) is 21.9. The van der Waals surface area contributed by atoms with Gasteiger partial charge in [-0.3, -0.25) is 9.59 Å². The van der Waals surface area contributed by atoms with Gasteiger partial charge in [0.25, 0.3) is 5.91 Å². The molecule has 2 N–H and O–H groups in total. The lowest BCUT2D eigenvalue weighted by Crippen LogP contribution is -2.30. The first-order valence-electron chi connectivity index (χ1n) is 5.45. The van der Waals surface area contributed by atoms with E-state index >= 15 is 0 Å². The topological polar surface area (TPSA) is 66.4 Å². The van der Waals surface area contributed by atoms with E-state index in [-0.39, 0.29) is 13.0 Å². The fourth-order valence-corrected chi connectivity index (χ4v) is 1.48. The minimum absolute atomic E-state index is 0.0542. The highest BCUT2D eigenvalue weighted by molar-refractivity contribution is 5.94. The first-order chi connectivity index (χ1) is 8.81. The third-order valence-electron chi connectivity index (χ3n) is 2.37. The van der Waals surface area contributed by atoms with Crippen molar-refractivity contribution in [3.63, 3.8) is 0 Å². The highest BCUT2D eigenvalue weighted by atomic mass is 19.1. The Morgan fingerprint density at radius 3 is 2.26 bits per heavy atom. The minimum Gasteiger partial charge on any atom is -0.481 e. The van der Waals surface area contributed by atoms with Crippen LogP contribution in [0.4, 0.5) is 13.2 Å². The van der Waals surface area contributed by atoms with Crippen molar-refractivity contribution in [1.29, 1.82) is 0 Å². The number of carbonyl (C=O) groups excluding carboxylic acids is 1. The Kier molecular flexibility index (Phi) is 4.91. The maximum absolute atomic E-state index is 13.3. The number of carboxylic acid groups (broad SMARTS) is 1. The summed E-state index contributed by atoms with van der Waals surface area (Å²) >= 11 is 0. The Morgan fingerprint density at radius 2 is 1.79 bits per heavy atom. The molecule has 0 bridgehead atoms. The molecule has 0 spiro atoms. The number of hydrogen-bond donors (Lipinski definition) is 2. The highest BCUT2D eigenvalue weighted by Crippen LogP contribution is 2.14. The molecule has 0 heterocycles. The van der Waals surface area contributed by atoms with Gasteiger partial charge in [-0.1, -0.05) is 6.92 Å². The molecule has 0 saturated heterocycles. The number of amides is 1. The maximum Gasteiger partial charge on any atom is 0.303 e. The number of halogens is 3. The number of carboxylic acids is 1. The van der Waals surface area contributed by atoms with Crippen LogP contribution in [0.5, 0.6) is 0 Å². The number of nitrogens with one attached hydrogen (secondary N) is 1. The maximum atomic E-state index is 13.3. The van der Waals surface area contributed by atoms with Crippen molar-refractivity contribution < 1.29 is 27.9 Å². The van der Waals surface area contributed by atoms with Gasteiger partial charge in [0.2, 0.25) is 0 Å². The summed E-state index contributed by atoms with van der Waals surface area (Å²) in [5.74, 6) is -6.21. The third kappa shape index (κ3) is 4.27. The first kappa shape index (κ1) is 15.0. The molecule has 1 aromatic carbocycles. The SMILES string of the molecule is CC(CNC(=O)c1c(F)cc(F)cc1F)CC(=O)O. The second kappa shape index (κ2) is 6.21. The van der Waals surface area contributed by atoms with E-state index in [1.54, 1.807) is 6.92 Å². The summed E-state index contributed by atoms with van der Waals surface area (Å²) in [6.45, 7) is 1.51. The van der Waals surface area contributed by atoms with E-state index in [0.717, 1.165) is 0 Å². The third-order valence-corrected chi connectivity index (χ3v) is 2.37. The van der Waals surface area contributed by atoms with Gasteiger partial charge in [-0.15, -0.1) is 0 Å². The molecule has 0 fully saturated rings. The van der Waals surface area contributed by atoms with Crippen LogP contribution in [0.1, 0.15) is 23.7 Å². The number of hydrogen-bond acceptors (Lipinski definition) is 2. The zero-order chi connectivity index (χ0) is 14.6. The fourth-order valence-electron chi connectivity index (χ4n) is 1.48. The van der Waals surface area contributed by atoms with E-state index in [1.807, 2.05) is 0 Å². The quantitative estimate of drug-likeness (QED) is 0.863. The summed E-state index contributed by atoms with van der Waals surface area (Å²) in [5.41, 5.74) is -0.885. The van der Waals surface area contributed by atoms with Crippen LogP contribution in [-0.2, 0) is 4.79 Å². The van der Waals surface area contributed by atoms with Crippen molar-refractivity contribution in [2.45, 2.75) is 13.3 Å². The van der Waals surface area contributed by atoms with Gasteiger partial charge in [-0.05, 0) is 5.92 Å². The van der Waals surface area contributed by atoms with E-state index in [0.29, 0.717) is 12.1 Å². The molecule has 1 rings (SSSR count). The van der Waals surface area contributed by atoms with Crippen LogP contribution >= 0.6 is 0 Å². The molecular formula is C12H12F3NO3. The molecule has 1 unspecified atom stereocenters. The van der Waals surface area contributed by atoms with Gasteiger partial charge >= 0.3 is 5.97 Å². The van der Waals surface area contributed by atoms with Gasteiger partial charge < -0.3 is 10.4 Å². The summed E-state index contributed by atoms with van der Waals surface area (Å²) in [7, 11) is 0. The molecule has 1 atom stereocenters. The monoisotopic (exact) mass is 275 g/mol. The molecule has 0 radical (unpaired) electrons. The number of rotatable bonds is 5. The fraction of sp³-hybridized carbons (Fsp3) is 0.333. The summed E-state index contributed by atoms with van der Waals surface area (Å²) < 4.78 is 39.2. The Labute approximate surface area is 107 Å². The lowest BCUT2D eigenvalue weighted by molar-refractivity contribution is -0.137. The van der Waals surface area contributed by atoms with Gasteiger partial charge in [-0.25, -0.2) is 13.2 Å². The van der Waals surface area contributed by atoms with E-state index in [4.69, 9.17) is 5.11 Å². The van der Waals surface area contributed by atoms with Crippen LogP contribution in [-0.4, -0.2) is 23.5 Å². The van der Waals surface area contributed by atoms with Gasteiger partial charge in [0.15, 0.2) is 0 Å². The number of carbonyl (C=O) groups is 2. The average Bonchev–Trinajstić information content (AvgIpc) is 2.23. The van der Waals surface area contributed by atoms with Crippen molar-refractivity contribution in [3.8, 4) is 0 Å². The zero-order valence-corrected chi connectivity index (χ0v) is 10.0. The first-order valence-corrected chi connectivity index (χ1v) is 5.45. The molecular weight excluding hydrogens is 263 g/mol. The van der Waals surface area contributed by atoms with E-state index < -0.39 is 40.8 Å². The molecule has 104 valence electrons. The summed E-state index contributed by atoms with van der Waals surface area (Å²) in [6.07, 6.45) is -0.186. The lowest BCUT2D eigenvalue weighted by atomic mass is 10.1. The van der Waals surface area contributed by atoms with Crippen LogP contribution in [0.25, 0.3) is 0 Å². The Morgan fingerprint density at radius 1 is 1.26 bits per heavy atom. The predicted molar refractivity (Wildman–Crippen MR) is 60.1 cm³/mol. The van der Waals surface area contributed by atoms with Crippen molar-refractivity contribution in [2.24, 2.45) is 5.92 Å². The largest absolute Gasteiger partial charge is 0.481 e. The Bertz CT molecular complexity index is 482. The van der Waals surface area contributed by atoms with E-state index in [2.05, 4.69) is 5.32 Å². The highest BCUT2D eigenvalue weighted by Gasteiger charge is 2.19. The summed E-state index contributed by atoms with van der Waals surface area (Å²) in [6, 6.07) is 0.803. The van der Waals surface area contributed by atoms with Crippen LogP contribution in [0, 0.1) is 23.4 Å². The van der Waals surface area contributed by atoms with Gasteiger partial charge in [0.05, 0.1) is 0 Å². The average molecular weight is 275 g/mol. The van der Waals surface area contributed by atoms with Gasteiger partial charge in [0.1, 0.15) is 23.0 Å². The zero-order valence-electron chi connectivity index (χ0n) is 10.0. The lowest BCUT2D eigenvalue weighted by Gasteiger charge is -2.11. The van der Waals surface area contributed by atoms with Crippen LogP contribution in [0.15, 0.2) is 12.1 Å². The van der Waals surface area contributed by atoms with Crippen molar-refractivity contribution >= 4 is 11.9 Å². The van der Waals surface area contributed by atoms with Crippen LogP contribution in [0.3, 0.4) is 0 Å². The van der Waals surface area contributed by atoms with E-state index in [1.165, 1.54) is 0 Å². The normalized spacial score (nSPS) is 12.0. The smallest absolute Gasteiger partial charge is 0.303 e. The second-order valence-electron chi connectivity index (χ2n) is 4.16.